The van der Waals surface area contributed by atoms with Crippen LogP contribution in [0.25, 0.3) is 0 Å². The van der Waals surface area contributed by atoms with Gasteiger partial charge in [-0.3, -0.25) is 9.59 Å². The van der Waals surface area contributed by atoms with E-state index in [2.05, 4.69) is 5.32 Å². The smallest absolute Gasteiger partial charge is 0.235 e. The fraction of sp³-hybridized carbons (Fsp3) is 0.571. The summed E-state index contributed by atoms with van der Waals surface area (Å²) < 4.78 is 23.4. The van der Waals surface area contributed by atoms with Crippen LogP contribution in [0, 0.1) is 0 Å². The standard InChI is InChI=1S/C14H21N3O4S2/c1-16(23(2,20)21)10-13(18)15-6-3-14(19)17-7-4-12-11(9-17)5-8-22-12/h5,8H,3-4,6-7,9-10H2,1-2H3,(H,15,18). The predicted octanol–water partition coefficient (Wildman–Crippen LogP) is 0.0305. The quantitative estimate of drug-likeness (QED) is 0.776. The molecule has 0 aliphatic carbocycles. The van der Waals surface area contributed by atoms with E-state index in [1.807, 2.05) is 11.4 Å². The number of rotatable bonds is 6. The van der Waals surface area contributed by atoms with Gasteiger partial charge in [-0.2, -0.15) is 4.31 Å². The molecule has 0 saturated heterocycles. The van der Waals surface area contributed by atoms with Gasteiger partial charge in [-0.05, 0) is 23.4 Å². The lowest BCUT2D eigenvalue weighted by Crippen LogP contribution is -2.40. The SMILES string of the molecule is CN(CC(=O)NCCC(=O)N1CCc2sccc2C1)S(C)(=O)=O. The highest BCUT2D eigenvalue weighted by Crippen LogP contribution is 2.24. The molecule has 0 radical (unpaired) electrons. The molecule has 7 nitrogen and oxygen atoms in total. The van der Waals surface area contributed by atoms with Crippen LogP contribution in [-0.4, -0.2) is 62.4 Å². The number of hydrogen-bond acceptors (Lipinski definition) is 5. The van der Waals surface area contributed by atoms with Crippen LogP contribution in [0.5, 0.6) is 0 Å². The van der Waals surface area contributed by atoms with Crippen LogP contribution in [0.2, 0.25) is 0 Å². The molecular formula is C14H21N3O4S2. The summed E-state index contributed by atoms with van der Waals surface area (Å²) in [6, 6.07) is 2.04. The average molecular weight is 359 g/mol. The van der Waals surface area contributed by atoms with Crippen molar-refractivity contribution in [2.45, 2.75) is 19.4 Å². The van der Waals surface area contributed by atoms with Gasteiger partial charge in [-0.25, -0.2) is 8.42 Å². The maximum Gasteiger partial charge on any atom is 0.235 e. The topological polar surface area (TPSA) is 86.8 Å². The Morgan fingerprint density at radius 2 is 2.17 bits per heavy atom. The summed E-state index contributed by atoms with van der Waals surface area (Å²) in [5.41, 5.74) is 1.20. The van der Waals surface area contributed by atoms with Crippen molar-refractivity contribution < 1.29 is 18.0 Å². The normalized spacial score (nSPS) is 14.7. The van der Waals surface area contributed by atoms with E-state index in [4.69, 9.17) is 0 Å². The Hall–Kier alpha value is -1.45. The molecule has 1 aromatic rings. The van der Waals surface area contributed by atoms with E-state index in [0.717, 1.165) is 17.0 Å². The number of hydrogen-bond donors (Lipinski definition) is 1. The van der Waals surface area contributed by atoms with E-state index < -0.39 is 15.9 Å². The second-order valence-corrected chi connectivity index (χ2v) is 8.64. The molecule has 0 bridgehead atoms. The Kier molecular flexibility index (Phi) is 5.77. The molecule has 0 spiro atoms. The average Bonchev–Trinajstić information content (AvgIpc) is 2.93. The van der Waals surface area contributed by atoms with Crippen LogP contribution >= 0.6 is 11.3 Å². The number of likely N-dealkylation sites (N-methyl/N-ethyl adjacent to an activating group) is 1. The number of amides is 2. The fourth-order valence-corrected chi connectivity index (χ4v) is 3.55. The van der Waals surface area contributed by atoms with Gasteiger partial charge in [-0.1, -0.05) is 0 Å². The summed E-state index contributed by atoms with van der Waals surface area (Å²) in [7, 11) is -2.04. The number of carbonyl (C=O) groups is 2. The molecule has 128 valence electrons. The second-order valence-electron chi connectivity index (χ2n) is 5.55. The van der Waals surface area contributed by atoms with Crippen LogP contribution in [0.15, 0.2) is 11.4 Å². The van der Waals surface area contributed by atoms with Crippen molar-refractivity contribution in [2.75, 3.05) is 32.9 Å². The lowest BCUT2D eigenvalue weighted by molar-refractivity contribution is -0.132. The molecule has 1 aliphatic heterocycles. The van der Waals surface area contributed by atoms with Crippen molar-refractivity contribution in [1.29, 1.82) is 0 Å². The number of nitrogens with one attached hydrogen (secondary N) is 1. The van der Waals surface area contributed by atoms with Gasteiger partial charge in [0.25, 0.3) is 0 Å². The van der Waals surface area contributed by atoms with Crippen molar-refractivity contribution in [3.8, 4) is 0 Å². The predicted molar refractivity (Wildman–Crippen MR) is 88.5 cm³/mol. The largest absolute Gasteiger partial charge is 0.354 e. The minimum atomic E-state index is -3.38. The van der Waals surface area contributed by atoms with Crippen LogP contribution < -0.4 is 5.32 Å². The summed E-state index contributed by atoms with van der Waals surface area (Å²) in [4.78, 5) is 26.9. The number of fused-ring (bicyclic) bond motifs is 1. The molecule has 2 heterocycles. The third-order valence-corrected chi connectivity index (χ3v) is 6.04. The van der Waals surface area contributed by atoms with Crippen LogP contribution in [0.3, 0.4) is 0 Å². The Morgan fingerprint density at radius 3 is 2.87 bits per heavy atom. The van der Waals surface area contributed by atoms with Crippen molar-refractivity contribution in [1.82, 2.24) is 14.5 Å². The third kappa shape index (κ3) is 5.02. The van der Waals surface area contributed by atoms with Crippen molar-refractivity contribution in [3.63, 3.8) is 0 Å². The molecule has 2 rings (SSSR count). The van der Waals surface area contributed by atoms with Gasteiger partial charge in [0.15, 0.2) is 0 Å². The Labute approximate surface area is 140 Å². The van der Waals surface area contributed by atoms with Crippen LogP contribution in [0.4, 0.5) is 0 Å². The first-order chi connectivity index (χ1) is 10.8. The summed E-state index contributed by atoms with van der Waals surface area (Å²) in [5.74, 6) is -0.414. The van der Waals surface area contributed by atoms with E-state index in [1.54, 1.807) is 16.2 Å². The van der Waals surface area contributed by atoms with E-state index in [-0.39, 0.29) is 25.4 Å². The number of thiophene rings is 1. The lowest BCUT2D eigenvalue weighted by atomic mass is 10.1. The maximum atomic E-state index is 12.2. The van der Waals surface area contributed by atoms with Crippen molar-refractivity contribution in [3.05, 3.63) is 21.9 Å². The zero-order chi connectivity index (χ0) is 17.0. The lowest BCUT2D eigenvalue weighted by Gasteiger charge is -2.27. The third-order valence-electron chi connectivity index (χ3n) is 3.75. The van der Waals surface area contributed by atoms with E-state index in [1.165, 1.54) is 17.5 Å². The number of carbonyl (C=O) groups excluding carboxylic acids is 2. The zero-order valence-electron chi connectivity index (χ0n) is 13.2. The molecular weight excluding hydrogens is 338 g/mol. The van der Waals surface area contributed by atoms with Gasteiger partial charge >= 0.3 is 0 Å². The first-order valence-electron chi connectivity index (χ1n) is 7.28. The fourth-order valence-electron chi connectivity index (χ4n) is 2.30. The van der Waals surface area contributed by atoms with Crippen molar-refractivity contribution >= 4 is 33.2 Å². The highest BCUT2D eigenvalue weighted by atomic mass is 32.2. The first kappa shape index (κ1) is 17.9. The van der Waals surface area contributed by atoms with Gasteiger partial charge in [0.2, 0.25) is 21.8 Å². The Balaban J connectivity index is 1.72. The molecule has 0 fully saturated rings. The van der Waals surface area contributed by atoms with Gasteiger partial charge in [0.1, 0.15) is 0 Å². The molecule has 0 aromatic carbocycles. The molecule has 9 heteroatoms. The van der Waals surface area contributed by atoms with E-state index in [9.17, 15) is 18.0 Å². The zero-order valence-corrected chi connectivity index (χ0v) is 14.9. The van der Waals surface area contributed by atoms with Crippen molar-refractivity contribution in [2.24, 2.45) is 0 Å². The van der Waals surface area contributed by atoms with E-state index >= 15 is 0 Å². The summed E-state index contributed by atoms with van der Waals surface area (Å²) >= 11 is 1.72. The molecule has 23 heavy (non-hydrogen) atoms. The highest BCUT2D eigenvalue weighted by molar-refractivity contribution is 7.88. The van der Waals surface area contributed by atoms with Crippen LogP contribution in [-0.2, 0) is 32.6 Å². The number of nitrogens with zero attached hydrogens (tertiary/aromatic N) is 2. The molecule has 1 N–H and O–H groups in total. The monoisotopic (exact) mass is 359 g/mol. The number of sulfonamides is 1. The molecule has 0 unspecified atom stereocenters. The minimum Gasteiger partial charge on any atom is -0.354 e. The van der Waals surface area contributed by atoms with Crippen LogP contribution in [0.1, 0.15) is 16.9 Å². The van der Waals surface area contributed by atoms with Gasteiger partial charge in [0.05, 0.1) is 12.8 Å². The molecule has 1 aliphatic rings. The minimum absolute atomic E-state index is 0.00128. The van der Waals surface area contributed by atoms with Gasteiger partial charge in [-0.15, -0.1) is 11.3 Å². The van der Waals surface area contributed by atoms with Gasteiger partial charge < -0.3 is 10.2 Å². The molecule has 2 amide bonds. The van der Waals surface area contributed by atoms with Gasteiger partial charge in [0, 0.05) is 38.0 Å². The highest BCUT2D eigenvalue weighted by Gasteiger charge is 2.21. The summed E-state index contributed by atoms with van der Waals surface area (Å²) in [6.45, 7) is 1.30. The Bertz CT molecular complexity index is 684. The molecule has 0 atom stereocenters. The Morgan fingerprint density at radius 1 is 1.43 bits per heavy atom. The second kappa shape index (κ2) is 7.41. The van der Waals surface area contributed by atoms with E-state index in [0.29, 0.717) is 13.1 Å². The first-order valence-corrected chi connectivity index (χ1v) is 10.0. The summed E-state index contributed by atoms with van der Waals surface area (Å²) in [5, 5.41) is 4.62. The molecule has 1 aromatic heterocycles. The summed E-state index contributed by atoms with van der Waals surface area (Å²) in [6.07, 6.45) is 2.14. The molecule has 0 saturated carbocycles. The maximum absolute atomic E-state index is 12.2.